The van der Waals surface area contributed by atoms with Gasteiger partial charge in [-0.2, -0.15) is 5.26 Å². The van der Waals surface area contributed by atoms with Gasteiger partial charge in [0.2, 0.25) is 0 Å². The molecule has 11 nitrogen and oxygen atoms in total. The summed E-state index contributed by atoms with van der Waals surface area (Å²) in [5.74, 6) is 0.836. The highest BCUT2D eigenvalue weighted by molar-refractivity contribution is 6.30. The molecular formula is C35H35ClN6O5. The van der Waals surface area contributed by atoms with Crippen LogP contribution in [0.2, 0.25) is 5.02 Å². The first-order valence-electron chi connectivity index (χ1n) is 16.0. The first-order chi connectivity index (χ1) is 22.8. The Morgan fingerprint density at radius 3 is 2.74 bits per heavy atom. The molecule has 2 saturated heterocycles. The molecule has 0 radical (unpaired) electrons. The number of rotatable bonds is 8. The number of imidazole rings is 1. The molecule has 3 atom stereocenters. The standard InChI is InChI=1S/C35H35ClN6O5/c1-34(30-9-7-23(36)17-38-30)46-29-5-3-4-25(32(29)47-34)41-15-14-40(27-19-45-20-28(27)41)18-31-39-24-8-6-22(33(43)44-2)16-26(24)42(31)21-35(10-11-35)12-13-37/h3-9,16-17,27-28H,10-12,14-15,18-21H2,1-2H3/t27-,28+,34?/m0/s1. The smallest absolute Gasteiger partial charge is 0.337 e. The summed E-state index contributed by atoms with van der Waals surface area (Å²) in [4.78, 5) is 26.8. The Balaban J connectivity index is 1.08. The molecule has 0 bridgehead atoms. The van der Waals surface area contributed by atoms with Crippen LogP contribution in [0.5, 0.6) is 11.5 Å². The lowest BCUT2D eigenvalue weighted by atomic mass is 10.0. The van der Waals surface area contributed by atoms with Crippen molar-refractivity contribution >= 4 is 34.3 Å². The fourth-order valence-electron chi connectivity index (χ4n) is 7.30. The molecule has 0 amide bonds. The van der Waals surface area contributed by atoms with Gasteiger partial charge in [0.05, 0.1) is 72.3 Å². The molecule has 2 aromatic heterocycles. The van der Waals surface area contributed by atoms with Crippen LogP contribution in [-0.4, -0.2) is 70.9 Å². The Labute approximate surface area is 277 Å². The number of pyridine rings is 1. The van der Waals surface area contributed by atoms with Crippen molar-refractivity contribution in [3.05, 3.63) is 76.8 Å². The molecule has 0 spiro atoms. The van der Waals surface area contributed by atoms with E-state index in [4.69, 9.17) is 35.5 Å². The molecule has 1 aliphatic carbocycles. The number of carbonyl (C=O) groups is 1. The Hall–Kier alpha value is -4.37. The van der Waals surface area contributed by atoms with Crippen molar-refractivity contribution in [3.63, 3.8) is 0 Å². The van der Waals surface area contributed by atoms with Gasteiger partial charge in [0, 0.05) is 44.6 Å². The van der Waals surface area contributed by atoms with E-state index in [0.717, 1.165) is 48.5 Å². The van der Waals surface area contributed by atoms with Gasteiger partial charge in [-0.1, -0.05) is 17.7 Å². The number of nitriles is 1. The third-order valence-electron chi connectivity index (χ3n) is 10.1. The highest BCUT2D eigenvalue weighted by atomic mass is 35.5. The number of nitrogens with zero attached hydrogens (tertiary/aromatic N) is 6. The van der Waals surface area contributed by atoms with Crippen molar-refractivity contribution in [2.75, 3.05) is 38.3 Å². The number of ether oxygens (including phenoxy) is 4. The Morgan fingerprint density at radius 1 is 1.13 bits per heavy atom. The highest BCUT2D eigenvalue weighted by Crippen LogP contribution is 2.51. The molecule has 1 unspecified atom stereocenters. The number of para-hydroxylation sites is 1. The molecule has 3 fully saturated rings. The Bertz CT molecular complexity index is 1900. The second kappa shape index (κ2) is 11.4. The second-order valence-corrected chi connectivity index (χ2v) is 13.5. The van der Waals surface area contributed by atoms with Gasteiger partial charge in [0.25, 0.3) is 5.79 Å². The number of hydrogen-bond acceptors (Lipinski definition) is 10. The van der Waals surface area contributed by atoms with Crippen molar-refractivity contribution in [2.24, 2.45) is 5.41 Å². The van der Waals surface area contributed by atoms with Crippen LogP contribution >= 0.6 is 11.6 Å². The summed E-state index contributed by atoms with van der Waals surface area (Å²) in [5.41, 5.74) is 3.76. The predicted molar refractivity (Wildman–Crippen MR) is 173 cm³/mol. The number of carbonyl (C=O) groups excluding carboxylic acids is 1. The fraction of sp³-hybridized carbons (Fsp3) is 0.429. The van der Waals surface area contributed by atoms with Gasteiger partial charge in [-0.25, -0.2) is 9.78 Å². The number of piperazine rings is 1. The zero-order valence-electron chi connectivity index (χ0n) is 26.3. The number of esters is 1. The Kier molecular flexibility index (Phi) is 7.28. The van der Waals surface area contributed by atoms with Gasteiger partial charge >= 0.3 is 5.97 Å². The largest absolute Gasteiger partial charge is 0.465 e. The number of benzene rings is 2. The van der Waals surface area contributed by atoms with Crippen LogP contribution < -0.4 is 14.4 Å². The molecule has 12 heteroatoms. The second-order valence-electron chi connectivity index (χ2n) is 13.1. The molecule has 2 aromatic carbocycles. The molecule has 8 rings (SSSR count). The monoisotopic (exact) mass is 654 g/mol. The third kappa shape index (κ3) is 5.25. The molecule has 242 valence electrons. The summed E-state index contributed by atoms with van der Waals surface area (Å²) >= 11 is 6.09. The minimum atomic E-state index is -1.08. The number of hydrogen-bond donors (Lipinski definition) is 0. The average Bonchev–Trinajstić information content (AvgIpc) is 3.36. The van der Waals surface area contributed by atoms with E-state index in [-0.39, 0.29) is 23.5 Å². The number of anilines is 1. The van der Waals surface area contributed by atoms with Crippen molar-refractivity contribution in [2.45, 2.75) is 57.1 Å². The van der Waals surface area contributed by atoms with Crippen LogP contribution in [0.3, 0.4) is 0 Å². The van der Waals surface area contributed by atoms with Crippen LogP contribution in [0.4, 0.5) is 5.69 Å². The van der Waals surface area contributed by atoms with Gasteiger partial charge in [-0.05, 0) is 55.3 Å². The summed E-state index contributed by atoms with van der Waals surface area (Å²) in [6.07, 6.45) is 4.11. The fourth-order valence-corrected chi connectivity index (χ4v) is 7.41. The summed E-state index contributed by atoms with van der Waals surface area (Å²) in [5, 5.41) is 10.1. The molecule has 5 heterocycles. The van der Waals surface area contributed by atoms with Gasteiger partial charge in [-0.3, -0.25) is 9.88 Å². The molecule has 47 heavy (non-hydrogen) atoms. The first-order valence-corrected chi connectivity index (χ1v) is 16.3. The molecule has 0 N–H and O–H groups in total. The number of aromatic nitrogens is 3. The maximum Gasteiger partial charge on any atom is 0.337 e. The quantitative estimate of drug-likeness (QED) is 0.232. The van der Waals surface area contributed by atoms with Crippen LogP contribution in [0.25, 0.3) is 11.0 Å². The summed E-state index contributed by atoms with van der Waals surface area (Å²) < 4.78 is 26.2. The Morgan fingerprint density at radius 2 is 1.98 bits per heavy atom. The van der Waals surface area contributed by atoms with Crippen LogP contribution in [0, 0.1) is 16.7 Å². The van der Waals surface area contributed by atoms with Crippen molar-refractivity contribution in [1.82, 2.24) is 19.4 Å². The van der Waals surface area contributed by atoms with Gasteiger partial charge < -0.3 is 28.4 Å². The predicted octanol–water partition coefficient (Wildman–Crippen LogP) is 5.30. The molecular weight excluding hydrogens is 620 g/mol. The average molecular weight is 655 g/mol. The van der Waals surface area contributed by atoms with E-state index in [1.54, 1.807) is 18.3 Å². The SMILES string of the molecule is COC(=O)c1ccc2nc(CN3CCN(c4cccc5c4OC(C)(c4ccc(Cl)cn4)O5)[C@@H]4COC[C@@H]43)n(CC3(CC#N)CC3)c2c1. The third-order valence-corrected chi connectivity index (χ3v) is 10.3. The van der Waals surface area contributed by atoms with Gasteiger partial charge in [0.1, 0.15) is 11.5 Å². The van der Waals surface area contributed by atoms with Crippen molar-refractivity contribution in [3.8, 4) is 17.6 Å². The van der Waals surface area contributed by atoms with Crippen molar-refractivity contribution in [1.29, 1.82) is 5.26 Å². The normalized spacial score (nSPS) is 24.3. The van der Waals surface area contributed by atoms with E-state index in [2.05, 4.69) is 31.5 Å². The van der Waals surface area contributed by atoms with E-state index in [1.807, 2.05) is 37.3 Å². The van der Waals surface area contributed by atoms with E-state index >= 15 is 0 Å². The number of halogens is 1. The summed E-state index contributed by atoms with van der Waals surface area (Å²) in [7, 11) is 1.39. The number of methoxy groups -OCH3 is 1. The zero-order valence-corrected chi connectivity index (χ0v) is 27.1. The van der Waals surface area contributed by atoms with E-state index < -0.39 is 5.79 Å². The van der Waals surface area contributed by atoms with E-state index in [9.17, 15) is 10.1 Å². The summed E-state index contributed by atoms with van der Waals surface area (Å²) in [6, 6.07) is 17.7. The van der Waals surface area contributed by atoms with E-state index in [1.165, 1.54) is 7.11 Å². The lowest BCUT2D eigenvalue weighted by Crippen LogP contribution is -2.59. The molecule has 1 saturated carbocycles. The van der Waals surface area contributed by atoms with Gasteiger partial charge in [0.15, 0.2) is 11.5 Å². The maximum atomic E-state index is 12.4. The zero-order chi connectivity index (χ0) is 32.3. The highest BCUT2D eigenvalue weighted by Gasteiger charge is 2.47. The molecule has 4 aliphatic rings. The number of fused-ring (bicyclic) bond motifs is 3. The van der Waals surface area contributed by atoms with E-state index in [0.29, 0.717) is 60.5 Å². The van der Waals surface area contributed by atoms with Crippen LogP contribution in [0.15, 0.2) is 54.7 Å². The van der Waals surface area contributed by atoms with Crippen LogP contribution in [0.1, 0.15) is 48.1 Å². The summed E-state index contributed by atoms with van der Waals surface area (Å²) in [6.45, 7) is 5.91. The van der Waals surface area contributed by atoms with Crippen molar-refractivity contribution < 1.29 is 23.7 Å². The molecule has 3 aliphatic heterocycles. The lowest BCUT2D eigenvalue weighted by Gasteiger charge is -2.44. The minimum absolute atomic E-state index is 0.0537. The van der Waals surface area contributed by atoms with Gasteiger partial charge in [-0.15, -0.1) is 0 Å². The first kappa shape index (κ1) is 30.0. The maximum absolute atomic E-state index is 12.4. The molecule has 4 aromatic rings. The minimum Gasteiger partial charge on any atom is -0.465 e. The lowest BCUT2D eigenvalue weighted by molar-refractivity contribution is -0.0716. The van der Waals surface area contributed by atoms with Crippen LogP contribution in [-0.2, 0) is 28.4 Å². The topological polar surface area (TPSA) is 115 Å².